The molecular weight excluding hydrogens is 373 g/mol. The van der Waals surface area contributed by atoms with E-state index in [1.54, 1.807) is 30.6 Å². The van der Waals surface area contributed by atoms with Crippen LogP contribution in [0, 0.1) is 0 Å². The second-order valence-electron chi connectivity index (χ2n) is 6.57. The van der Waals surface area contributed by atoms with Gasteiger partial charge >= 0.3 is 6.18 Å². The van der Waals surface area contributed by atoms with Gasteiger partial charge in [0.1, 0.15) is 0 Å². The molecule has 0 spiro atoms. The van der Waals surface area contributed by atoms with Gasteiger partial charge in [0, 0.05) is 37.5 Å². The summed E-state index contributed by atoms with van der Waals surface area (Å²) in [5.74, 6) is 0.255. The van der Waals surface area contributed by atoms with Crippen molar-refractivity contribution in [2.45, 2.75) is 25.1 Å². The summed E-state index contributed by atoms with van der Waals surface area (Å²) in [7, 11) is 0. The highest BCUT2D eigenvalue weighted by Crippen LogP contribution is 2.32. The summed E-state index contributed by atoms with van der Waals surface area (Å²) in [5.41, 5.74) is 0.388. The summed E-state index contributed by atoms with van der Waals surface area (Å²) in [6.45, 7) is 0.409. The maximum Gasteiger partial charge on any atom is 0.416 e. The van der Waals surface area contributed by atoms with Crippen LogP contribution in [0.1, 0.15) is 29.4 Å². The molecule has 1 atom stereocenters. The van der Waals surface area contributed by atoms with Gasteiger partial charge in [-0.3, -0.25) is 9.78 Å². The Morgan fingerprint density at radius 1 is 1.21 bits per heavy atom. The van der Waals surface area contributed by atoms with Gasteiger partial charge in [0.15, 0.2) is 0 Å². The number of rotatable bonds is 4. The fourth-order valence-corrected chi connectivity index (χ4v) is 3.17. The molecule has 1 unspecified atom stereocenters. The van der Waals surface area contributed by atoms with Gasteiger partial charge in [0.25, 0.3) is 0 Å². The van der Waals surface area contributed by atoms with Crippen LogP contribution in [0.5, 0.6) is 0 Å². The van der Waals surface area contributed by atoms with Crippen molar-refractivity contribution in [3.63, 3.8) is 0 Å². The topological polar surface area (TPSA) is 72.1 Å². The molecule has 1 saturated heterocycles. The number of alkyl halides is 3. The quantitative estimate of drug-likeness (QED) is 0.682. The molecule has 1 fully saturated rings. The molecule has 0 saturated carbocycles. The number of amides is 1. The molecule has 144 valence electrons. The first kappa shape index (κ1) is 18.1. The first-order chi connectivity index (χ1) is 13.4. The fraction of sp³-hybridized carbons (Fsp3) is 0.263. The van der Waals surface area contributed by atoms with E-state index < -0.39 is 11.7 Å². The summed E-state index contributed by atoms with van der Waals surface area (Å²) in [4.78, 5) is 22.2. The van der Waals surface area contributed by atoms with Crippen LogP contribution in [0.2, 0.25) is 0 Å². The highest BCUT2D eigenvalue weighted by Gasteiger charge is 2.35. The van der Waals surface area contributed by atoms with Gasteiger partial charge in [0.05, 0.1) is 11.5 Å². The molecule has 0 radical (unpaired) electrons. The number of carbonyl (C=O) groups is 1. The Labute approximate surface area is 158 Å². The van der Waals surface area contributed by atoms with Crippen molar-refractivity contribution in [1.29, 1.82) is 0 Å². The molecule has 3 aromatic rings. The van der Waals surface area contributed by atoms with Gasteiger partial charge in [-0.25, -0.2) is 0 Å². The lowest BCUT2D eigenvalue weighted by molar-refractivity contribution is -0.137. The van der Waals surface area contributed by atoms with E-state index in [4.69, 9.17) is 4.52 Å². The van der Waals surface area contributed by atoms with Crippen LogP contribution >= 0.6 is 0 Å². The number of pyridine rings is 1. The minimum absolute atomic E-state index is 0.100. The smallest absolute Gasteiger partial charge is 0.339 e. The monoisotopic (exact) mass is 388 g/mol. The normalized spacial score (nSPS) is 17.3. The molecular formula is C19H15F3N4O2. The largest absolute Gasteiger partial charge is 0.416 e. The molecule has 6 nitrogen and oxygen atoms in total. The van der Waals surface area contributed by atoms with E-state index in [0.29, 0.717) is 29.4 Å². The Kier molecular flexibility index (Phi) is 4.58. The second kappa shape index (κ2) is 7.06. The molecule has 1 aliphatic heterocycles. The van der Waals surface area contributed by atoms with Crippen LogP contribution in [0.25, 0.3) is 11.4 Å². The third kappa shape index (κ3) is 3.73. The summed E-state index contributed by atoms with van der Waals surface area (Å²) >= 11 is 0. The number of likely N-dealkylation sites (tertiary alicyclic amines) is 1. The minimum atomic E-state index is -4.42. The lowest BCUT2D eigenvalue weighted by Gasteiger charge is -2.17. The van der Waals surface area contributed by atoms with Gasteiger partial charge in [-0.15, -0.1) is 0 Å². The van der Waals surface area contributed by atoms with Crippen molar-refractivity contribution in [2.75, 3.05) is 6.54 Å². The summed E-state index contributed by atoms with van der Waals surface area (Å²) in [5, 5.41) is 3.92. The van der Waals surface area contributed by atoms with Gasteiger partial charge in [-0.2, -0.15) is 18.2 Å². The maximum atomic E-state index is 12.9. The predicted molar refractivity (Wildman–Crippen MR) is 91.7 cm³/mol. The first-order valence-corrected chi connectivity index (χ1v) is 8.58. The van der Waals surface area contributed by atoms with E-state index in [1.165, 1.54) is 11.0 Å². The number of carbonyl (C=O) groups excluding carboxylic acids is 1. The third-order valence-corrected chi connectivity index (χ3v) is 4.55. The molecule has 0 aliphatic carbocycles. The molecule has 3 heterocycles. The van der Waals surface area contributed by atoms with E-state index in [2.05, 4.69) is 15.1 Å². The zero-order chi connectivity index (χ0) is 19.7. The highest BCUT2D eigenvalue weighted by atomic mass is 19.4. The first-order valence-electron chi connectivity index (χ1n) is 8.58. The molecule has 2 aromatic heterocycles. The Bertz CT molecular complexity index is 988. The Balaban J connectivity index is 1.47. The van der Waals surface area contributed by atoms with E-state index in [1.807, 2.05) is 0 Å². The van der Waals surface area contributed by atoms with E-state index in [0.717, 1.165) is 12.1 Å². The number of benzene rings is 1. The predicted octanol–water partition coefficient (Wildman–Crippen LogP) is 3.67. The Morgan fingerprint density at radius 2 is 2.07 bits per heavy atom. The van der Waals surface area contributed by atoms with Crippen LogP contribution in [-0.4, -0.2) is 32.5 Å². The summed E-state index contributed by atoms with van der Waals surface area (Å²) < 4.78 is 43.9. The standard InChI is InChI=1S/C19H15F3N4O2/c20-19(21,22)15-5-1-3-12(7-15)10-26-11-14(8-16(26)27)18-24-17(25-28-18)13-4-2-6-23-9-13/h1-7,9,14H,8,10-11H2. The van der Waals surface area contributed by atoms with Crippen molar-refractivity contribution >= 4 is 5.91 Å². The van der Waals surface area contributed by atoms with Crippen molar-refractivity contribution in [3.8, 4) is 11.4 Å². The number of nitrogens with zero attached hydrogens (tertiary/aromatic N) is 4. The maximum absolute atomic E-state index is 12.9. The highest BCUT2D eigenvalue weighted by molar-refractivity contribution is 5.79. The average Bonchev–Trinajstić information content (AvgIpc) is 3.30. The van der Waals surface area contributed by atoms with E-state index >= 15 is 0 Å². The molecule has 0 bridgehead atoms. The van der Waals surface area contributed by atoms with Crippen LogP contribution in [0.15, 0.2) is 53.3 Å². The molecule has 28 heavy (non-hydrogen) atoms. The molecule has 1 amide bonds. The van der Waals surface area contributed by atoms with Gasteiger partial charge in [-0.1, -0.05) is 17.3 Å². The van der Waals surface area contributed by atoms with E-state index in [9.17, 15) is 18.0 Å². The second-order valence-corrected chi connectivity index (χ2v) is 6.57. The number of hydrogen-bond donors (Lipinski definition) is 0. The molecule has 4 rings (SSSR count). The van der Waals surface area contributed by atoms with Gasteiger partial charge < -0.3 is 9.42 Å². The lowest BCUT2D eigenvalue weighted by atomic mass is 10.1. The van der Waals surface area contributed by atoms with Crippen LogP contribution in [0.3, 0.4) is 0 Å². The van der Waals surface area contributed by atoms with Crippen molar-refractivity contribution < 1.29 is 22.5 Å². The van der Waals surface area contributed by atoms with E-state index in [-0.39, 0.29) is 24.8 Å². The summed E-state index contributed by atoms with van der Waals surface area (Å²) in [6.07, 6.45) is -1.01. The molecule has 1 aromatic carbocycles. The van der Waals surface area contributed by atoms with Crippen LogP contribution in [0.4, 0.5) is 13.2 Å². The Hall–Kier alpha value is -3.23. The molecule has 1 aliphatic rings. The number of aromatic nitrogens is 3. The molecule has 0 N–H and O–H groups in total. The van der Waals surface area contributed by atoms with Gasteiger partial charge in [-0.05, 0) is 29.8 Å². The molecule has 9 heteroatoms. The summed E-state index contributed by atoms with van der Waals surface area (Å²) in [6, 6.07) is 8.53. The lowest BCUT2D eigenvalue weighted by Crippen LogP contribution is -2.24. The van der Waals surface area contributed by atoms with Crippen molar-refractivity contribution in [3.05, 3.63) is 65.8 Å². The zero-order valence-corrected chi connectivity index (χ0v) is 14.6. The number of hydrogen-bond acceptors (Lipinski definition) is 5. The van der Waals surface area contributed by atoms with Gasteiger partial charge in [0.2, 0.25) is 17.6 Å². The van der Waals surface area contributed by atoms with Crippen molar-refractivity contribution in [2.24, 2.45) is 0 Å². The average molecular weight is 388 g/mol. The Morgan fingerprint density at radius 3 is 2.82 bits per heavy atom. The number of halogens is 3. The fourth-order valence-electron chi connectivity index (χ4n) is 3.17. The van der Waals surface area contributed by atoms with Crippen LogP contribution in [-0.2, 0) is 17.5 Å². The SMILES string of the molecule is O=C1CC(c2nc(-c3cccnc3)no2)CN1Cc1cccc(C(F)(F)F)c1. The minimum Gasteiger partial charge on any atom is -0.339 e. The third-order valence-electron chi connectivity index (χ3n) is 4.55. The zero-order valence-electron chi connectivity index (χ0n) is 14.6. The van der Waals surface area contributed by atoms with Crippen LogP contribution < -0.4 is 0 Å². The van der Waals surface area contributed by atoms with Crippen molar-refractivity contribution in [1.82, 2.24) is 20.0 Å².